The minimum absolute atomic E-state index is 0.408. The highest BCUT2D eigenvalue weighted by Gasteiger charge is 2.18. The number of nitrogens with one attached hydrogen (secondary N) is 1. The Bertz CT molecular complexity index is 369. The van der Waals surface area contributed by atoms with Gasteiger partial charge >= 0.3 is 0 Å². The van der Waals surface area contributed by atoms with Gasteiger partial charge in [-0.15, -0.1) is 0 Å². The lowest BCUT2D eigenvalue weighted by atomic mass is 10.0. The van der Waals surface area contributed by atoms with E-state index in [-0.39, 0.29) is 0 Å². The molecule has 1 N–H and O–H groups in total. The molecule has 2 heterocycles. The van der Waals surface area contributed by atoms with Crippen LogP contribution >= 0.6 is 0 Å². The van der Waals surface area contributed by atoms with Gasteiger partial charge in [-0.05, 0) is 45.2 Å². The summed E-state index contributed by atoms with van der Waals surface area (Å²) in [6.45, 7) is 9.68. The normalized spacial score (nSPS) is 20.2. The molecule has 0 radical (unpaired) electrons. The van der Waals surface area contributed by atoms with Crippen LogP contribution in [0.25, 0.3) is 0 Å². The Hall–Kier alpha value is -0.960. The number of aryl methyl sites for hydroxylation is 2. The number of hydrogen-bond acceptors (Lipinski definition) is 3. The van der Waals surface area contributed by atoms with Crippen LogP contribution in [0.5, 0.6) is 0 Å². The van der Waals surface area contributed by atoms with Gasteiger partial charge in [-0.2, -0.15) is 0 Å². The zero-order valence-electron chi connectivity index (χ0n) is 11.4. The van der Waals surface area contributed by atoms with Gasteiger partial charge in [-0.25, -0.2) is 9.97 Å². The van der Waals surface area contributed by atoms with Crippen LogP contribution in [0.1, 0.15) is 55.4 Å². The third kappa shape index (κ3) is 2.83. The minimum atomic E-state index is 0.408. The highest BCUT2D eigenvalue weighted by Crippen LogP contribution is 2.19. The summed E-state index contributed by atoms with van der Waals surface area (Å²) in [7, 11) is 0. The SMILES string of the molecule is Cc1nc(C(C)C)nc(C)c1CC1CCCN1. The van der Waals surface area contributed by atoms with Crippen LogP contribution in [0.2, 0.25) is 0 Å². The Labute approximate surface area is 104 Å². The lowest BCUT2D eigenvalue weighted by Crippen LogP contribution is -2.25. The summed E-state index contributed by atoms with van der Waals surface area (Å²) in [5, 5.41) is 3.54. The molecule has 3 heteroatoms. The molecule has 17 heavy (non-hydrogen) atoms. The maximum absolute atomic E-state index is 4.64. The number of rotatable bonds is 3. The largest absolute Gasteiger partial charge is 0.314 e. The summed E-state index contributed by atoms with van der Waals surface area (Å²) in [5.41, 5.74) is 3.67. The molecule has 1 aliphatic heterocycles. The van der Waals surface area contributed by atoms with Crippen LogP contribution in [0.4, 0.5) is 0 Å². The third-order valence-corrected chi connectivity index (χ3v) is 3.57. The van der Waals surface area contributed by atoms with E-state index in [0.29, 0.717) is 12.0 Å². The first-order chi connectivity index (χ1) is 8.08. The maximum Gasteiger partial charge on any atom is 0.131 e. The van der Waals surface area contributed by atoms with Gasteiger partial charge in [0.1, 0.15) is 5.82 Å². The molecule has 0 spiro atoms. The molecule has 1 aromatic heterocycles. The first kappa shape index (κ1) is 12.5. The Morgan fingerprint density at radius 1 is 1.24 bits per heavy atom. The van der Waals surface area contributed by atoms with Crippen LogP contribution in [0.3, 0.4) is 0 Å². The van der Waals surface area contributed by atoms with Crippen molar-refractivity contribution in [2.24, 2.45) is 0 Å². The molecule has 0 aromatic carbocycles. The summed E-state index contributed by atoms with van der Waals surface area (Å²) in [5.74, 6) is 1.38. The van der Waals surface area contributed by atoms with Gasteiger partial charge in [0.15, 0.2) is 0 Å². The van der Waals surface area contributed by atoms with Gasteiger partial charge in [-0.3, -0.25) is 0 Å². The Morgan fingerprint density at radius 2 is 1.88 bits per heavy atom. The second-order valence-electron chi connectivity index (χ2n) is 5.38. The lowest BCUT2D eigenvalue weighted by Gasteiger charge is -2.16. The van der Waals surface area contributed by atoms with Crippen molar-refractivity contribution < 1.29 is 0 Å². The standard InChI is InChI=1S/C14H23N3/c1-9(2)14-16-10(3)13(11(4)17-14)8-12-6-5-7-15-12/h9,12,15H,5-8H2,1-4H3. The molecule has 1 aliphatic rings. The molecule has 1 unspecified atom stereocenters. The summed E-state index contributed by atoms with van der Waals surface area (Å²) in [4.78, 5) is 9.27. The van der Waals surface area contributed by atoms with E-state index in [2.05, 4.69) is 43.0 Å². The average Bonchev–Trinajstić information content (AvgIpc) is 2.75. The fraction of sp³-hybridized carbons (Fsp3) is 0.714. The van der Waals surface area contributed by atoms with Gasteiger partial charge in [-0.1, -0.05) is 13.8 Å². The molecule has 0 aliphatic carbocycles. The fourth-order valence-corrected chi connectivity index (χ4v) is 2.50. The van der Waals surface area contributed by atoms with Crippen molar-refractivity contribution in [3.05, 3.63) is 22.8 Å². The van der Waals surface area contributed by atoms with Crippen LogP contribution in [-0.2, 0) is 6.42 Å². The molecule has 0 amide bonds. The van der Waals surface area contributed by atoms with Gasteiger partial charge in [0.05, 0.1) is 0 Å². The lowest BCUT2D eigenvalue weighted by molar-refractivity contribution is 0.593. The summed E-state index contributed by atoms with van der Waals surface area (Å²) >= 11 is 0. The number of nitrogens with zero attached hydrogens (tertiary/aromatic N) is 2. The summed E-state index contributed by atoms with van der Waals surface area (Å²) < 4.78 is 0. The Balaban J connectivity index is 2.21. The van der Waals surface area contributed by atoms with E-state index in [4.69, 9.17) is 0 Å². The van der Waals surface area contributed by atoms with Crippen molar-refractivity contribution in [3.8, 4) is 0 Å². The zero-order chi connectivity index (χ0) is 12.4. The Morgan fingerprint density at radius 3 is 2.35 bits per heavy atom. The predicted octanol–water partition coefficient (Wildman–Crippen LogP) is 2.51. The maximum atomic E-state index is 4.64. The van der Waals surface area contributed by atoms with E-state index in [1.807, 2.05) is 0 Å². The summed E-state index contributed by atoms with van der Waals surface area (Å²) in [6.07, 6.45) is 3.66. The topological polar surface area (TPSA) is 37.8 Å². The highest BCUT2D eigenvalue weighted by molar-refractivity contribution is 5.26. The molecule has 1 atom stereocenters. The summed E-state index contributed by atoms with van der Waals surface area (Å²) in [6, 6.07) is 0.626. The zero-order valence-corrected chi connectivity index (χ0v) is 11.4. The van der Waals surface area contributed by atoms with E-state index >= 15 is 0 Å². The van der Waals surface area contributed by atoms with Crippen LogP contribution in [0.15, 0.2) is 0 Å². The van der Waals surface area contributed by atoms with E-state index < -0.39 is 0 Å². The van der Waals surface area contributed by atoms with E-state index in [0.717, 1.165) is 30.2 Å². The molecule has 1 saturated heterocycles. The third-order valence-electron chi connectivity index (χ3n) is 3.57. The molecule has 3 nitrogen and oxygen atoms in total. The van der Waals surface area contributed by atoms with Gasteiger partial charge < -0.3 is 5.32 Å². The number of hydrogen-bond donors (Lipinski definition) is 1. The molecule has 1 aromatic rings. The van der Waals surface area contributed by atoms with E-state index in [9.17, 15) is 0 Å². The monoisotopic (exact) mass is 233 g/mol. The molecule has 0 saturated carbocycles. The van der Waals surface area contributed by atoms with Crippen molar-refractivity contribution in [3.63, 3.8) is 0 Å². The first-order valence-corrected chi connectivity index (χ1v) is 6.65. The van der Waals surface area contributed by atoms with Crippen molar-refractivity contribution in [2.75, 3.05) is 6.54 Å². The van der Waals surface area contributed by atoms with Crippen LogP contribution in [0, 0.1) is 13.8 Å². The quantitative estimate of drug-likeness (QED) is 0.871. The molecular weight excluding hydrogens is 210 g/mol. The molecule has 0 bridgehead atoms. The van der Waals surface area contributed by atoms with Crippen molar-refractivity contribution in [1.82, 2.24) is 15.3 Å². The molecule has 94 valence electrons. The van der Waals surface area contributed by atoms with Crippen molar-refractivity contribution in [1.29, 1.82) is 0 Å². The van der Waals surface area contributed by atoms with Crippen molar-refractivity contribution in [2.45, 2.75) is 58.9 Å². The molecular formula is C14H23N3. The smallest absolute Gasteiger partial charge is 0.131 e. The Kier molecular flexibility index (Phi) is 3.77. The minimum Gasteiger partial charge on any atom is -0.314 e. The van der Waals surface area contributed by atoms with Crippen LogP contribution < -0.4 is 5.32 Å². The first-order valence-electron chi connectivity index (χ1n) is 6.65. The number of aromatic nitrogens is 2. The second-order valence-corrected chi connectivity index (χ2v) is 5.38. The van der Waals surface area contributed by atoms with Gasteiger partial charge in [0.25, 0.3) is 0 Å². The van der Waals surface area contributed by atoms with E-state index in [1.54, 1.807) is 0 Å². The van der Waals surface area contributed by atoms with Gasteiger partial charge in [0, 0.05) is 23.3 Å². The molecule has 1 fully saturated rings. The fourth-order valence-electron chi connectivity index (χ4n) is 2.50. The van der Waals surface area contributed by atoms with E-state index in [1.165, 1.54) is 18.4 Å². The highest BCUT2D eigenvalue weighted by atomic mass is 14.9. The van der Waals surface area contributed by atoms with Crippen molar-refractivity contribution >= 4 is 0 Å². The predicted molar refractivity (Wildman–Crippen MR) is 70.3 cm³/mol. The second kappa shape index (κ2) is 5.13. The van der Waals surface area contributed by atoms with Gasteiger partial charge in [0.2, 0.25) is 0 Å². The van der Waals surface area contributed by atoms with Crippen LogP contribution in [-0.4, -0.2) is 22.6 Å². The molecule has 2 rings (SSSR count). The average molecular weight is 233 g/mol.